The number of aromatic amines is 1. The van der Waals surface area contributed by atoms with Gasteiger partial charge >= 0.3 is 5.97 Å². The van der Waals surface area contributed by atoms with Gasteiger partial charge in [0.05, 0.1) is 11.1 Å². The van der Waals surface area contributed by atoms with E-state index in [2.05, 4.69) is 4.98 Å². The number of hydrogen-bond donors (Lipinski definition) is 1. The zero-order chi connectivity index (χ0) is 16.0. The lowest BCUT2D eigenvalue weighted by Crippen LogP contribution is -2.33. The summed E-state index contributed by atoms with van der Waals surface area (Å²) in [6.45, 7) is 5.49. The maximum atomic E-state index is 12.2. The molecule has 0 spiro atoms. The second-order valence-corrected chi connectivity index (χ2v) is 5.20. The first kappa shape index (κ1) is 14.1. The number of H-pyrrole nitrogens is 1. The minimum atomic E-state index is -0.761. The second kappa shape index (κ2) is 4.84. The highest BCUT2D eigenvalue weighted by atomic mass is 16.7. The molecule has 6 nitrogen and oxygen atoms in total. The third kappa shape index (κ3) is 1.92. The summed E-state index contributed by atoms with van der Waals surface area (Å²) in [6, 6.07) is 6.35. The van der Waals surface area contributed by atoms with Crippen LogP contribution in [-0.2, 0) is 4.84 Å². The van der Waals surface area contributed by atoms with Gasteiger partial charge in [0.2, 0.25) is 0 Å². The summed E-state index contributed by atoms with van der Waals surface area (Å²) in [5.74, 6) is -2.03. The number of nitrogens with one attached hydrogen (secondary N) is 1. The van der Waals surface area contributed by atoms with Gasteiger partial charge in [0, 0.05) is 5.69 Å². The molecule has 112 valence electrons. The molecule has 0 aliphatic carbocycles. The van der Waals surface area contributed by atoms with Crippen molar-refractivity contribution in [2.75, 3.05) is 0 Å². The first-order valence-electron chi connectivity index (χ1n) is 6.77. The van der Waals surface area contributed by atoms with E-state index in [-0.39, 0.29) is 16.8 Å². The number of aryl methyl sites for hydroxylation is 1. The van der Waals surface area contributed by atoms with Gasteiger partial charge in [-0.3, -0.25) is 9.59 Å². The molecule has 1 aromatic carbocycles. The lowest BCUT2D eigenvalue weighted by molar-refractivity contribution is -0.0588. The Bertz CT molecular complexity index is 785. The minimum Gasteiger partial charge on any atom is -0.353 e. The topological polar surface area (TPSA) is 79.5 Å². The summed E-state index contributed by atoms with van der Waals surface area (Å²) in [4.78, 5) is 44.5. The van der Waals surface area contributed by atoms with E-state index in [0.717, 1.165) is 16.8 Å². The smallest absolute Gasteiger partial charge is 0.353 e. The van der Waals surface area contributed by atoms with E-state index >= 15 is 0 Å². The van der Waals surface area contributed by atoms with Crippen molar-refractivity contribution in [3.05, 3.63) is 57.9 Å². The van der Waals surface area contributed by atoms with Crippen molar-refractivity contribution in [1.82, 2.24) is 10.0 Å². The van der Waals surface area contributed by atoms with Crippen molar-refractivity contribution in [3.63, 3.8) is 0 Å². The van der Waals surface area contributed by atoms with Crippen molar-refractivity contribution < 1.29 is 19.2 Å². The van der Waals surface area contributed by atoms with Gasteiger partial charge in [0.1, 0.15) is 5.69 Å². The van der Waals surface area contributed by atoms with Crippen LogP contribution in [0.1, 0.15) is 48.0 Å². The van der Waals surface area contributed by atoms with Gasteiger partial charge < -0.3 is 9.82 Å². The molecule has 0 saturated heterocycles. The van der Waals surface area contributed by atoms with Gasteiger partial charge in [0.25, 0.3) is 11.8 Å². The van der Waals surface area contributed by atoms with E-state index in [1.807, 2.05) is 13.8 Å². The van der Waals surface area contributed by atoms with E-state index in [0.29, 0.717) is 5.06 Å². The molecule has 0 unspecified atom stereocenters. The number of hydrogen-bond acceptors (Lipinski definition) is 4. The molecule has 1 aliphatic rings. The summed E-state index contributed by atoms with van der Waals surface area (Å²) >= 11 is 0. The van der Waals surface area contributed by atoms with Crippen LogP contribution in [0.5, 0.6) is 0 Å². The summed E-state index contributed by atoms with van der Waals surface area (Å²) in [7, 11) is 0. The van der Waals surface area contributed by atoms with Gasteiger partial charge in [-0.1, -0.05) is 17.2 Å². The molecule has 22 heavy (non-hydrogen) atoms. The van der Waals surface area contributed by atoms with E-state index in [1.165, 1.54) is 12.1 Å². The fourth-order valence-electron chi connectivity index (χ4n) is 2.43. The Morgan fingerprint density at radius 1 is 1.00 bits per heavy atom. The van der Waals surface area contributed by atoms with Crippen molar-refractivity contribution >= 4 is 17.8 Å². The monoisotopic (exact) mass is 298 g/mol. The maximum absolute atomic E-state index is 12.2. The SMILES string of the molecule is Cc1[nH]c(C(=O)ON2C(=O)c3ccccc3C2=O)c(C)c1C. The summed E-state index contributed by atoms with van der Waals surface area (Å²) in [5.41, 5.74) is 3.22. The standard InChI is InChI=1S/C16H14N2O4/c1-8-9(2)13(17-10(8)3)16(21)22-18-14(19)11-6-4-5-7-12(11)15(18)20/h4-7,17H,1-3H3. The van der Waals surface area contributed by atoms with Crippen LogP contribution in [0, 0.1) is 20.8 Å². The van der Waals surface area contributed by atoms with E-state index < -0.39 is 17.8 Å². The van der Waals surface area contributed by atoms with Crippen LogP contribution in [0.25, 0.3) is 0 Å². The molecule has 0 fully saturated rings. The number of imide groups is 1. The van der Waals surface area contributed by atoms with Crippen LogP contribution in [-0.4, -0.2) is 27.8 Å². The Kier molecular flexibility index (Phi) is 3.09. The predicted molar refractivity (Wildman–Crippen MR) is 77.4 cm³/mol. The highest BCUT2D eigenvalue weighted by Gasteiger charge is 2.39. The fourth-order valence-corrected chi connectivity index (χ4v) is 2.43. The zero-order valence-corrected chi connectivity index (χ0v) is 12.4. The number of amides is 2. The van der Waals surface area contributed by atoms with Gasteiger partial charge in [-0.2, -0.15) is 0 Å². The van der Waals surface area contributed by atoms with Gasteiger partial charge in [-0.15, -0.1) is 0 Å². The summed E-state index contributed by atoms with van der Waals surface area (Å²) in [5, 5.41) is 0.512. The molecule has 0 atom stereocenters. The second-order valence-electron chi connectivity index (χ2n) is 5.20. The lowest BCUT2D eigenvalue weighted by atomic mass is 10.1. The third-order valence-electron chi connectivity index (χ3n) is 3.95. The molecule has 1 aromatic heterocycles. The number of carbonyl (C=O) groups excluding carboxylic acids is 3. The molecule has 2 heterocycles. The normalized spacial score (nSPS) is 13.5. The highest BCUT2D eigenvalue weighted by molar-refractivity contribution is 6.21. The average molecular weight is 298 g/mol. The molecule has 0 saturated carbocycles. The van der Waals surface area contributed by atoms with Gasteiger partial charge in [-0.25, -0.2) is 4.79 Å². The summed E-state index contributed by atoms with van der Waals surface area (Å²) in [6.07, 6.45) is 0. The molecule has 0 bridgehead atoms. The van der Waals surface area contributed by atoms with Crippen molar-refractivity contribution in [3.8, 4) is 0 Å². The van der Waals surface area contributed by atoms with E-state index in [9.17, 15) is 14.4 Å². The number of fused-ring (bicyclic) bond motifs is 1. The number of hydroxylamine groups is 2. The predicted octanol–water partition coefficient (Wildman–Crippen LogP) is 2.31. The van der Waals surface area contributed by atoms with Crippen LogP contribution < -0.4 is 0 Å². The fraction of sp³-hybridized carbons (Fsp3) is 0.188. The largest absolute Gasteiger partial charge is 0.380 e. The Morgan fingerprint density at radius 2 is 1.55 bits per heavy atom. The van der Waals surface area contributed by atoms with Crippen LogP contribution in [0.15, 0.2) is 24.3 Å². The van der Waals surface area contributed by atoms with Gasteiger partial charge in [0.15, 0.2) is 0 Å². The lowest BCUT2D eigenvalue weighted by Gasteiger charge is -2.12. The third-order valence-corrected chi connectivity index (χ3v) is 3.95. The molecule has 2 amide bonds. The highest BCUT2D eigenvalue weighted by Crippen LogP contribution is 2.24. The Labute approximate surface area is 126 Å². The Hall–Kier alpha value is -2.89. The van der Waals surface area contributed by atoms with Crippen LogP contribution >= 0.6 is 0 Å². The van der Waals surface area contributed by atoms with Crippen molar-refractivity contribution in [2.45, 2.75) is 20.8 Å². The quantitative estimate of drug-likeness (QED) is 0.863. The molecule has 1 N–H and O–H groups in total. The molecule has 2 aromatic rings. The van der Waals surface area contributed by atoms with E-state index in [4.69, 9.17) is 4.84 Å². The molecule has 3 rings (SSSR count). The van der Waals surface area contributed by atoms with Crippen molar-refractivity contribution in [1.29, 1.82) is 0 Å². The van der Waals surface area contributed by atoms with Crippen LogP contribution in [0.3, 0.4) is 0 Å². The Balaban J connectivity index is 1.88. The number of nitrogens with zero attached hydrogens (tertiary/aromatic N) is 1. The molecule has 1 aliphatic heterocycles. The van der Waals surface area contributed by atoms with Crippen LogP contribution in [0.4, 0.5) is 0 Å². The van der Waals surface area contributed by atoms with E-state index in [1.54, 1.807) is 19.1 Å². The van der Waals surface area contributed by atoms with Crippen LogP contribution in [0.2, 0.25) is 0 Å². The number of carbonyl (C=O) groups is 3. The van der Waals surface area contributed by atoms with Crippen molar-refractivity contribution in [2.24, 2.45) is 0 Å². The molecule has 0 radical (unpaired) electrons. The zero-order valence-electron chi connectivity index (χ0n) is 12.4. The summed E-state index contributed by atoms with van der Waals surface area (Å²) < 4.78 is 0. The Morgan fingerprint density at radius 3 is 2.00 bits per heavy atom. The average Bonchev–Trinajstić information content (AvgIpc) is 2.91. The van der Waals surface area contributed by atoms with Gasteiger partial charge in [-0.05, 0) is 44.0 Å². The number of rotatable bonds is 2. The minimum absolute atomic E-state index is 0.232. The number of benzene rings is 1. The molecular weight excluding hydrogens is 284 g/mol. The maximum Gasteiger partial charge on any atom is 0.380 e. The number of aromatic nitrogens is 1. The molecule has 6 heteroatoms. The first-order valence-corrected chi connectivity index (χ1v) is 6.77. The first-order chi connectivity index (χ1) is 10.4. The molecular formula is C16H14N2O4.